The molecule has 1 aliphatic carbocycles. The molecule has 1 aromatic carbocycles. The number of hydrogen-bond acceptors (Lipinski definition) is 3. The molecule has 1 unspecified atom stereocenters. The first-order valence-corrected chi connectivity index (χ1v) is 7.46. The maximum atomic E-state index is 13.9. The lowest BCUT2D eigenvalue weighted by Crippen LogP contribution is -2.35. The third kappa shape index (κ3) is 2.89. The summed E-state index contributed by atoms with van der Waals surface area (Å²) < 4.78 is 19.7. The molecule has 0 heterocycles. The van der Waals surface area contributed by atoms with Crippen molar-refractivity contribution in [3.63, 3.8) is 0 Å². The Morgan fingerprint density at radius 1 is 1.50 bits per heavy atom. The third-order valence-corrected chi connectivity index (χ3v) is 4.36. The lowest BCUT2D eigenvalue weighted by Gasteiger charge is -2.32. The summed E-state index contributed by atoms with van der Waals surface area (Å²) in [6.45, 7) is 5.60. The zero-order valence-electron chi connectivity index (χ0n) is 13.1. The number of nitriles is 1. The zero-order chi connectivity index (χ0) is 16.4. The average molecular weight is 301 g/mol. The molecule has 0 fully saturated rings. The van der Waals surface area contributed by atoms with Gasteiger partial charge in [-0.15, -0.1) is 0 Å². The fourth-order valence-corrected chi connectivity index (χ4v) is 2.36. The van der Waals surface area contributed by atoms with Gasteiger partial charge >= 0.3 is 5.97 Å². The van der Waals surface area contributed by atoms with E-state index in [-0.39, 0.29) is 11.5 Å². The Morgan fingerprint density at radius 2 is 2.23 bits per heavy atom. The molecule has 3 nitrogen and oxygen atoms in total. The van der Waals surface area contributed by atoms with E-state index in [1.54, 1.807) is 12.1 Å². The first-order chi connectivity index (χ1) is 10.3. The smallest absolute Gasteiger partial charge is 0.312 e. The van der Waals surface area contributed by atoms with Crippen molar-refractivity contribution >= 4 is 5.97 Å². The van der Waals surface area contributed by atoms with Crippen molar-refractivity contribution in [1.29, 1.82) is 5.26 Å². The number of allylic oxidation sites excluding steroid dienone is 1. The molecule has 1 aliphatic rings. The molecule has 2 rings (SSSR count). The van der Waals surface area contributed by atoms with Gasteiger partial charge in [0.2, 0.25) is 0 Å². The molecular weight excluding hydrogens is 281 g/mol. The minimum absolute atomic E-state index is 0.0129. The maximum absolute atomic E-state index is 13.9. The van der Waals surface area contributed by atoms with E-state index in [9.17, 15) is 9.18 Å². The Bertz CT molecular complexity index is 658. The second-order valence-corrected chi connectivity index (χ2v) is 6.26. The van der Waals surface area contributed by atoms with Crippen LogP contribution in [0.25, 0.3) is 0 Å². The van der Waals surface area contributed by atoms with Crippen LogP contribution in [0.2, 0.25) is 0 Å². The number of benzene rings is 1. The van der Waals surface area contributed by atoms with Gasteiger partial charge in [0.1, 0.15) is 11.9 Å². The van der Waals surface area contributed by atoms with Gasteiger partial charge in [-0.05, 0) is 51.3 Å². The zero-order valence-corrected chi connectivity index (χ0v) is 13.1. The van der Waals surface area contributed by atoms with Crippen molar-refractivity contribution in [2.75, 3.05) is 0 Å². The number of esters is 1. The van der Waals surface area contributed by atoms with Gasteiger partial charge in [0, 0.05) is 5.56 Å². The normalized spacial score (nSPS) is 20.7. The summed E-state index contributed by atoms with van der Waals surface area (Å²) in [5.41, 5.74) is -0.966. The van der Waals surface area contributed by atoms with Gasteiger partial charge in [-0.1, -0.05) is 19.1 Å². The van der Waals surface area contributed by atoms with Crippen LogP contribution in [0.4, 0.5) is 4.39 Å². The molecule has 0 aromatic heterocycles. The standard InChI is InChI=1S/C18H20FNO2/c1-4-17(2,3)16(21)22-18(9-5-6-10-18)14-8-7-13(12-20)15(19)11-14/h5,7-9,11H,4,6,10H2,1-3H3. The highest BCUT2D eigenvalue weighted by Gasteiger charge is 2.40. The van der Waals surface area contributed by atoms with Crippen LogP contribution < -0.4 is 0 Å². The highest BCUT2D eigenvalue weighted by Crippen LogP contribution is 2.40. The number of carbonyl (C=O) groups excluding carboxylic acids is 1. The number of nitrogens with zero attached hydrogens (tertiary/aromatic N) is 1. The van der Waals surface area contributed by atoms with Gasteiger partial charge in [0.05, 0.1) is 11.0 Å². The molecule has 0 radical (unpaired) electrons. The van der Waals surface area contributed by atoms with E-state index < -0.39 is 16.8 Å². The Hall–Kier alpha value is -2.15. The van der Waals surface area contributed by atoms with Gasteiger partial charge in [-0.25, -0.2) is 4.39 Å². The summed E-state index contributed by atoms with van der Waals surface area (Å²) in [5, 5.41) is 8.83. The number of ether oxygens (including phenoxy) is 1. The monoisotopic (exact) mass is 301 g/mol. The number of halogens is 1. The molecule has 116 valence electrons. The number of hydrogen-bond donors (Lipinski definition) is 0. The van der Waals surface area contributed by atoms with Crippen molar-refractivity contribution in [3.05, 3.63) is 47.3 Å². The topological polar surface area (TPSA) is 50.1 Å². The summed E-state index contributed by atoms with van der Waals surface area (Å²) in [6.07, 6.45) is 5.76. The van der Waals surface area contributed by atoms with Crippen molar-refractivity contribution in [2.24, 2.45) is 5.41 Å². The molecule has 22 heavy (non-hydrogen) atoms. The minimum atomic E-state index is -0.932. The van der Waals surface area contributed by atoms with Crippen LogP contribution in [0, 0.1) is 22.6 Å². The molecule has 0 bridgehead atoms. The predicted molar refractivity (Wildman–Crippen MR) is 81.3 cm³/mol. The summed E-state index contributed by atoms with van der Waals surface area (Å²) in [7, 11) is 0. The molecular formula is C18H20FNO2. The van der Waals surface area contributed by atoms with Crippen molar-refractivity contribution < 1.29 is 13.9 Å². The molecule has 0 N–H and O–H groups in total. The number of rotatable bonds is 4. The summed E-state index contributed by atoms with van der Waals surface area (Å²) >= 11 is 0. The lowest BCUT2D eigenvalue weighted by molar-refractivity contribution is -0.167. The Labute approximate surface area is 130 Å². The van der Waals surface area contributed by atoms with Gasteiger partial charge in [-0.2, -0.15) is 5.26 Å². The Balaban J connectivity index is 2.38. The SMILES string of the molecule is CCC(C)(C)C(=O)OC1(c2ccc(C#N)c(F)c2)C=CCC1. The number of carbonyl (C=O) groups is 1. The van der Waals surface area contributed by atoms with E-state index >= 15 is 0 Å². The largest absolute Gasteiger partial charge is 0.449 e. The average Bonchev–Trinajstić information content (AvgIpc) is 2.96. The van der Waals surface area contributed by atoms with Crippen molar-refractivity contribution in [1.82, 2.24) is 0 Å². The highest BCUT2D eigenvalue weighted by atomic mass is 19.1. The molecule has 1 aromatic rings. The Kier molecular flexibility index (Phi) is 4.37. The fraction of sp³-hybridized carbons (Fsp3) is 0.444. The van der Waals surface area contributed by atoms with E-state index in [4.69, 9.17) is 10.00 Å². The summed E-state index contributed by atoms with van der Waals surface area (Å²) in [4.78, 5) is 12.4. The van der Waals surface area contributed by atoms with E-state index in [1.807, 2.05) is 32.9 Å². The van der Waals surface area contributed by atoms with Gasteiger partial charge < -0.3 is 4.74 Å². The molecule has 0 aliphatic heterocycles. The first-order valence-electron chi connectivity index (χ1n) is 7.46. The van der Waals surface area contributed by atoms with E-state index in [0.717, 1.165) is 6.42 Å². The van der Waals surface area contributed by atoms with Crippen LogP contribution in [-0.2, 0) is 15.1 Å². The molecule has 0 amide bonds. The van der Waals surface area contributed by atoms with Crippen LogP contribution in [0.5, 0.6) is 0 Å². The summed E-state index contributed by atoms with van der Waals surface area (Å²) in [5.74, 6) is -0.892. The van der Waals surface area contributed by atoms with Gasteiger partial charge in [0.25, 0.3) is 0 Å². The second kappa shape index (κ2) is 5.92. The van der Waals surface area contributed by atoms with E-state index in [2.05, 4.69) is 0 Å². The predicted octanol–water partition coefficient (Wildman–Crippen LogP) is 4.22. The van der Waals surface area contributed by atoms with Gasteiger partial charge in [-0.3, -0.25) is 4.79 Å². The third-order valence-electron chi connectivity index (χ3n) is 4.36. The van der Waals surface area contributed by atoms with Crippen LogP contribution >= 0.6 is 0 Å². The maximum Gasteiger partial charge on any atom is 0.312 e. The van der Waals surface area contributed by atoms with Crippen LogP contribution in [0.1, 0.15) is 51.2 Å². The Morgan fingerprint density at radius 3 is 2.73 bits per heavy atom. The lowest BCUT2D eigenvalue weighted by atomic mass is 9.88. The minimum Gasteiger partial charge on any atom is -0.449 e. The molecule has 4 heteroatoms. The fourth-order valence-electron chi connectivity index (χ4n) is 2.36. The van der Waals surface area contributed by atoms with Crippen LogP contribution in [0.3, 0.4) is 0 Å². The van der Waals surface area contributed by atoms with Crippen molar-refractivity contribution in [3.8, 4) is 6.07 Å². The molecule has 0 saturated heterocycles. The highest BCUT2D eigenvalue weighted by molar-refractivity contribution is 5.76. The van der Waals surface area contributed by atoms with E-state index in [0.29, 0.717) is 18.4 Å². The summed E-state index contributed by atoms with van der Waals surface area (Å²) in [6, 6.07) is 6.18. The first kappa shape index (κ1) is 16.2. The van der Waals surface area contributed by atoms with Crippen LogP contribution in [-0.4, -0.2) is 5.97 Å². The van der Waals surface area contributed by atoms with E-state index in [1.165, 1.54) is 12.1 Å². The van der Waals surface area contributed by atoms with Crippen LogP contribution in [0.15, 0.2) is 30.4 Å². The second-order valence-electron chi connectivity index (χ2n) is 6.26. The quantitative estimate of drug-likeness (QED) is 0.618. The van der Waals surface area contributed by atoms with Crippen molar-refractivity contribution in [2.45, 2.75) is 45.6 Å². The molecule has 0 saturated carbocycles. The molecule has 1 atom stereocenters. The van der Waals surface area contributed by atoms with Gasteiger partial charge in [0.15, 0.2) is 5.60 Å². The molecule has 0 spiro atoms.